The summed E-state index contributed by atoms with van der Waals surface area (Å²) >= 11 is 0. The van der Waals surface area contributed by atoms with E-state index in [1.807, 2.05) is 0 Å². The van der Waals surface area contributed by atoms with Crippen molar-refractivity contribution < 1.29 is 92.0 Å². The number of aromatic nitrogens is 5. The number of carboxylic acid groups (broad SMARTS) is 3. The minimum Gasteiger partial charge on any atom is -0.481 e. The summed E-state index contributed by atoms with van der Waals surface area (Å²) in [7, 11) is 0. The van der Waals surface area contributed by atoms with E-state index in [4.69, 9.17) is 16.9 Å². The van der Waals surface area contributed by atoms with E-state index >= 15 is 24.0 Å². The Hall–Kier alpha value is -12.9. The van der Waals surface area contributed by atoms with Gasteiger partial charge in [0, 0.05) is 99.2 Å². The number of guanidine groups is 1. The van der Waals surface area contributed by atoms with Crippen LogP contribution in [-0.2, 0) is 102 Å². The molecule has 12 unspecified atom stereocenters. The molecule has 3 saturated heterocycles. The molecule has 0 radical (unpaired) electrons. The zero-order valence-electron chi connectivity index (χ0n) is 68.4. The number of H-pyrrole nitrogens is 3. The molecule has 23 N–H and O–H groups in total. The molecular weight excluding hydrogens is 1590 g/mol. The number of amides is 13. The Bertz CT molecular complexity index is 4430. The number of rotatable bonds is 38. The molecule has 12 atom stereocenters. The Labute approximate surface area is 702 Å². The average molecular weight is 1700 g/mol. The van der Waals surface area contributed by atoms with Gasteiger partial charge in [-0.15, -0.1) is 0 Å². The van der Waals surface area contributed by atoms with Crippen LogP contribution in [0.2, 0.25) is 0 Å². The molecule has 8 rings (SSSR count). The lowest BCUT2D eigenvalue weighted by molar-refractivity contribution is -0.148. The minimum atomic E-state index is -1.97. The first-order chi connectivity index (χ1) is 58.3. The third-order valence-corrected chi connectivity index (χ3v) is 21.1. The van der Waals surface area contributed by atoms with Gasteiger partial charge in [-0.1, -0.05) is 69.3 Å². The van der Waals surface area contributed by atoms with Crippen molar-refractivity contribution in [2.75, 3.05) is 52.4 Å². The number of hydrogen-bond acceptors (Lipinski definition) is 21. The Balaban J connectivity index is 1.07. The number of primary amides is 1. The highest BCUT2D eigenvalue weighted by atomic mass is 16.4. The molecule has 122 heavy (non-hydrogen) atoms. The number of likely N-dealkylation sites (tertiary alicyclic amines) is 2. The van der Waals surface area contributed by atoms with Crippen LogP contribution >= 0.6 is 0 Å². The summed E-state index contributed by atoms with van der Waals surface area (Å²) < 4.78 is 0. The monoisotopic (exact) mass is 1700 g/mol. The smallest absolute Gasteiger partial charge is 0.317 e. The summed E-state index contributed by atoms with van der Waals surface area (Å²) in [5, 5.41) is 70.2. The van der Waals surface area contributed by atoms with Crippen molar-refractivity contribution in [1.82, 2.24) is 103 Å². The molecule has 2 aromatic carbocycles. The average Bonchev–Trinajstić information content (AvgIpc) is 1.64. The molecule has 0 bridgehead atoms. The Morgan fingerprint density at radius 1 is 0.598 bits per heavy atom. The molecule has 0 spiro atoms. The zero-order chi connectivity index (χ0) is 88.5. The molecule has 3 aromatic heterocycles. The lowest BCUT2D eigenvalue weighted by Gasteiger charge is -2.34. The van der Waals surface area contributed by atoms with Gasteiger partial charge >= 0.3 is 17.9 Å². The van der Waals surface area contributed by atoms with E-state index in [-0.39, 0.29) is 153 Å². The van der Waals surface area contributed by atoms with Gasteiger partial charge in [0.05, 0.1) is 38.2 Å². The van der Waals surface area contributed by atoms with Crippen molar-refractivity contribution in [3.8, 4) is 0 Å². The second-order valence-electron chi connectivity index (χ2n) is 31.0. The highest BCUT2D eigenvalue weighted by Gasteiger charge is 2.46. The number of hydrogen-bond donors (Lipinski definition) is 21. The number of fused-ring (bicyclic) bond motifs is 1. The SMILES string of the molecule is CCNC1CCCNC(=O)CCC(C(=O)N2CCCC2C(=O)N2CCCC2C(=O)NC(Cc2cnc[nH]2)C(=O)NC(CC(=O)O)C(=O)NC(CCCCN(CC(=O)O)CC(=O)O)C(=O)NC(CC(C)C)C(N)=O)NC(=O)C(Cc2c[nH]c3ccccc23)NC(=O)C(CCCNC(=N)N)NC(=O)C(Cc2ccccc2)NC(=O)C(Cc2cnc[nH]2)NC1=O. The van der Waals surface area contributed by atoms with Gasteiger partial charge < -0.3 is 115 Å². The van der Waals surface area contributed by atoms with Gasteiger partial charge in [-0.2, -0.15) is 0 Å². The van der Waals surface area contributed by atoms with Crippen LogP contribution in [0.3, 0.4) is 0 Å². The number of unbranched alkanes of at least 4 members (excludes halogenated alkanes) is 1. The number of aromatic amines is 3. The van der Waals surface area contributed by atoms with Crippen molar-refractivity contribution >= 4 is 112 Å². The van der Waals surface area contributed by atoms with Crippen molar-refractivity contribution in [1.29, 1.82) is 5.41 Å². The number of likely N-dealkylation sites (N-methyl/N-ethyl adjacent to an activating group) is 1. The van der Waals surface area contributed by atoms with Crippen LogP contribution in [-0.4, -0.2) is 280 Å². The quantitative estimate of drug-likeness (QED) is 0.0105. The number of carboxylic acids is 3. The Kier molecular flexibility index (Phi) is 36.6. The Morgan fingerprint density at radius 3 is 1.82 bits per heavy atom. The molecule has 3 fully saturated rings. The van der Waals surface area contributed by atoms with Crippen molar-refractivity contribution in [2.24, 2.45) is 17.4 Å². The van der Waals surface area contributed by atoms with Crippen LogP contribution in [0.15, 0.2) is 85.8 Å². The molecular formula is C80H113N23O19. The van der Waals surface area contributed by atoms with Crippen molar-refractivity contribution in [3.05, 3.63) is 108 Å². The summed E-state index contributed by atoms with van der Waals surface area (Å²) in [5.74, 6) is -16.0. The van der Waals surface area contributed by atoms with Gasteiger partial charge in [0.25, 0.3) is 0 Å². The summed E-state index contributed by atoms with van der Waals surface area (Å²) in [6, 6.07) is -1.54. The van der Waals surface area contributed by atoms with E-state index in [9.17, 15) is 68.1 Å². The minimum absolute atomic E-state index is 0.00769. The lowest BCUT2D eigenvalue weighted by atomic mass is 10.0. The van der Waals surface area contributed by atoms with E-state index < -0.39 is 200 Å². The number of carbonyl (C=O) groups excluding carboxylic acids is 13. The summed E-state index contributed by atoms with van der Waals surface area (Å²) in [5.41, 5.74) is 13.8. The summed E-state index contributed by atoms with van der Waals surface area (Å²) in [6.45, 7) is 4.18. The Morgan fingerprint density at radius 2 is 1.18 bits per heavy atom. The number of nitrogens with one attached hydrogen (secondary N) is 16. The standard InChI is InChI=1S/C80H113N23O19/c1-4-86-52-21-12-27-87-64(104)26-25-55(94-73(116)58(34-47-38-89-51-19-9-8-18-50(47)51)97-71(114)54(22-13-28-88-80(82)83)93-72(115)57(33-46-16-6-5-7-17-46)96-74(117)59(98-69(52)112)35-48-39-84-43-90-48)78(121)103-31-15-24-63(103)79(122)102-30-14-23-62(102)77(120)100-60(36-49-40-85-44-91-49)75(118)99-61(37-65(105)106)76(119)92-53(70(113)95-56(68(81)111)32-45(2)3)20-10-11-29-101(41-66(107)108)42-67(109)110/h5-9,16-19,38-40,43-45,52-63,86,89H,4,10-15,20-37,41-42H2,1-3H3,(H2,81,111)(H,84,90)(H,85,91)(H,87,104)(H,92,119)(H,93,115)(H,94,116)(H,95,113)(H,96,117)(H,97,114)(H,98,112)(H,99,118)(H,100,120)(H,105,106)(H,107,108)(H,109,110)(H4,82,83,88). The number of para-hydroxylation sites is 1. The van der Waals surface area contributed by atoms with Crippen LogP contribution in [0.4, 0.5) is 0 Å². The first kappa shape index (κ1) is 94.6. The van der Waals surface area contributed by atoms with Gasteiger partial charge in [-0.25, -0.2) is 9.97 Å². The van der Waals surface area contributed by atoms with E-state index in [2.05, 4.69) is 88.7 Å². The first-order valence-corrected chi connectivity index (χ1v) is 41.0. The molecule has 0 aliphatic carbocycles. The van der Waals surface area contributed by atoms with Gasteiger partial charge in [0.1, 0.15) is 66.5 Å². The lowest BCUT2D eigenvalue weighted by Crippen LogP contribution is -2.61. The molecule has 3 aliphatic heterocycles. The van der Waals surface area contributed by atoms with Crippen LogP contribution in [0.5, 0.6) is 0 Å². The second-order valence-corrected chi connectivity index (χ2v) is 31.0. The maximum absolute atomic E-state index is 15.7. The maximum Gasteiger partial charge on any atom is 0.317 e. The number of carbonyl (C=O) groups is 16. The van der Waals surface area contributed by atoms with Crippen molar-refractivity contribution in [2.45, 2.75) is 215 Å². The number of aliphatic carboxylic acids is 3. The predicted octanol–water partition coefficient (Wildman–Crippen LogP) is -3.19. The number of benzene rings is 2. The van der Waals surface area contributed by atoms with Gasteiger partial charge in [-0.3, -0.25) is 87.0 Å². The molecule has 3 aliphatic rings. The van der Waals surface area contributed by atoms with E-state index in [1.165, 1.54) is 34.8 Å². The second kappa shape index (κ2) is 47.2. The molecule has 0 saturated carbocycles. The van der Waals surface area contributed by atoms with E-state index in [1.54, 1.807) is 81.6 Å². The van der Waals surface area contributed by atoms with Crippen LogP contribution in [0, 0.1) is 11.3 Å². The number of nitrogens with zero attached hydrogens (tertiary/aromatic N) is 5. The van der Waals surface area contributed by atoms with E-state index in [0.717, 1.165) is 4.90 Å². The highest BCUT2D eigenvalue weighted by Crippen LogP contribution is 2.28. The van der Waals surface area contributed by atoms with Crippen LogP contribution in [0.25, 0.3) is 10.9 Å². The van der Waals surface area contributed by atoms with Crippen LogP contribution in [0.1, 0.15) is 140 Å². The fraction of sp³-hybridized carbons (Fsp3) is 0.537. The third kappa shape index (κ3) is 29.5. The van der Waals surface area contributed by atoms with E-state index in [0.29, 0.717) is 34.3 Å². The van der Waals surface area contributed by atoms with Gasteiger partial charge in [-0.05, 0) is 120 Å². The topological polar surface area (TPSA) is 637 Å². The van der Waals surface area contributed by atoms with Gasteiger partial charge in [0.15, 0.2) is 5.96 Å². The summed E-state index contributed by atoms with van der Waals surface area (Å²) in [4.78, 5) is 247. The largest absolute Gasteiger partial charge is 0.481 e. The zero-order valence-corrected chi connectivity index (χ0v) is 68.4. The normalized spacial score (nSPS) is 20.8. The molecule has 42 nitrogen and oxygen atoms in total. The van der Waals surface area contributed by atoms with Crippen LogP contribution < -0.4 is 75.3 Å². The van der Waals surface area contributed by atoms with Crippen molar-refractivity contribution in [3.63, 3.8) is 0 Å². The first-order valence-electron chi connectivity index (χ1n) is 41.0. The fourth-order valence-electron chi connectivity index (χ4n) is 15.0. The molecule has 662 valence electrons. The van der Waals surface area contributed by atoms with Gasteiger partial charge in [0.2, 0.25) is 76.8 Å². The highest BCUT2D eigenvalue weighted by molar-refractivity contribution is 6.01. The maximum atomic E-state index is 15.7. The predicted molar refractivity (Wildman–Crippen MR) is 438 cm³/mol. The third-order valence-electron chi connectivity index (χ3n) is 21.1. The molecule has 6 heterocycles. The number of nitrogens with two attached hydrogens (primary N) is 2. The fourth-order valence-corrected chi connectivity index (χ4v) is 15.0. The number of imidazole rings is 2. The molecule has 13 amide bonds. The molecule has 42 heteroatoms. The summed E-state index contributed by atoms with van der Waals surface area (Å²) in [6.07, 6.45) is 5.15. The molecule has 5 aromatic rings.